The minimum Gasteiger partial charge on any atom is -0.481 e. The molecule has 0 saturated carbocycles. The fraction of sp³-hybridized carbons (Fsp3) is 0.500. The molecule has 0 aliphatic rings. The molecule has 0 aromatic carbocycles. The topological polar surface area (TPSA) is 284 Å². The molecule has 0 radical (unpaired) electrons. The molecule has 0 unspecified atom stereocenters. The number of aliphatic hydroxyl groups excluding tert-OH is 3. The molecule has 0 atom stereocenters. The van der Waals surface area contributed by atoms with Crippen molar-refractivity contribution in [3.8, 4) is 0 Å². The lowest BCUT2D eigenvalue weighted by atomic mass is 9.88. The van der Waals surface area contributed by atoms with E-state index in [1.807, 2.05) is 6.92 Å². The predicted molar refractivity (Wildman–Crippen MR) is 141 cm³/mol. The van der Waals surface area contributed by atoms with Gasteiger partial charge >= 0.3 is 17.9 Å². The molecule has 0 rings (SSSR count). The van der Waals surface area contributed by atoms with Crippen LogP contribution >= 0.6 is 0 Å². The van der Waals surface area contributed by atoms with Crippen molar-refractivity contribution in [2.24, 2.45) is 5.41 Å². The van der Waals surface area contributed by atoms with E-state index in [-0.39, 0.29) is 36.5 Å². The molecule has 0 bridgehead atoms. The average Bonchev–Trinajstić information content (AvgIpc) is 2.75. The summed E-state index contributed by atoms with van der Waals surface area (Å²) in [6.07, 6.45) is 0.594. The molecule has 0 amide bonds. The summed E-state index contributed by atoms with van der Waals surface area (Å²) in [6.45, 7) is 18.4. The fourth-order valence-corrected chi connectivity index (χ4v) is 0.485. The highest BCUT2D eigenvalue weighted by Crippen LogP contribution is 2.18. The molecule has 0 aliphatic carbocycles. The monoisotopic (exact) mass is 572 g/mol. The van der Waals surface area contributed by atoms with Crippen molar-refractivity contribution in [2.45, 2.75) is 54.9 Å². The molecule has 0 fully saturated rings. The Morgan fingerprint density at radius 3 is 0.590 bits per heavy atom. The standard InChI is InChI=1S/C6H14O3.3C4H6O2.3C2H4O2/c1-2-6(3-7,4-8)5-9;3*1-3(2)4(5)6;3*1-2(3)4/h7-9H,2-5H2,1H3;3*1H2,2H3,(H,5,6);3*1H3,(H,3,4). The second kappa shape index (κ2) is 33.9. The molecule has 9 N–H and O–H groups in total. The zero-order valence-corrected chi connectivity index (χ0v) is 23.4. The molecule has 0 spiro atoms. The van der Waals surface area contributed by atoms with Crippen LogP contribution in [-0.4, -0.2) is 102 Å². The molecule has 39 heavy (non-hydrogen) atoms. The summed E-state index contributed by atoms with van der Waals surface area (Å²) < 4.78 is 0. The zero-order valence-electron chi connectivity index (χ0n) is 23.4. The van der Waals surface area contributed by atoms with Crippen molar-refractivity contribution in [2.75, 3.05) is 19.8 Å². The van der Waals surface area contributed by atoms with Gasteiger partial charge in [-0.3, -0.25) is 14.4 Å². The molecule has 230 valence electrons. The summed E-state index contributed by atoms with van der Waals surface area (Å²) >= 11 is 0. The Kier molecular flexibility index (Phi) is 44.8. The lowest BCUT2D eigenvalue weighted by Gasteiger charge is -2.24. The van der Waals surface area contributed by atoms with Gasteiger partial charge in [-0.2, -0.15) is 0 Å². The maximum atomic E-state index is 9.60. The maximum Gasteiger partial charge on any atom is 0.330 e. The number of aliphatic carboxylic acids is 6. The first kappa shape index (κ1) is 51.5. The largest absolute Gasteiger partial charge is 0.481 e. The number of hydrogen-bond acceptors (Lipinski definition) is 9. The third-order valence-corrected chi connectivity index (χ3v) is 2.85. The van der Waals surface area contributed by atoms with Gasteiger partial charge in [0.15, 0.2) is 0 Å². The normalized spacial score (nSPS) is 8.15. The fourth-order valence-electron chi connectivity index (χ4n) is 0.485. The summed E-state index contributed by atoms with van der Waals surface area (Å²) in [5.74, 6) is -5.31. The Balaban J connectivity index is -0.0000000626. The van der Waals surface area contributed by atoms with E-state index in [0.717, 1.165) is 20.8 Å². The van der Waals surface area contributed by atoms with Crippen LogP contribution in [0.1, 0.15) is 54.9 Å². The van der Waals surface area contributed by atoms with Gasteiger partial charge in [-0.25, -0.2) is 14.4 Å². The van der Waals surface area contributed by atoms with Gasteiger partial charge in [-0.15, -0.1) is 0 Å². The van der Waals surface area contributed by atoms with Crippen molar-refractivity contribution in [3.63, 3.8) is 0 Å². The number of carboxylic acids is 6. The minimum absolute atomic E-state index is 0.156. The highest BCUT2D eigenvalue weighted by Gasteiger charge is 2.24. The summed E-state index contributed by atoms with van der Waals surface area (Å²) in [5.41, 5.74) is -0.139. The van der Waals surface area contributed by atoms with Gasteiger partial charge < -0.3 is 46.0 Å². The molecule has 0 heterocycles. The molecule has 0 aromatic rings. The van der Waals surface area contributed by atoms with Crippen molar-refractivity contribution in [1.82, 2.24) is 0 Å². The van der Waals surface area contributed by atoms with Crippen LogP contribution in [0.25, 0.3) is 0 Å². The van der Waals surface area contributed by atoms with Gasteiger partial charge in [0.1, 0.15) is 0 Å². The smallest absolute Gasteiger partial charge is 0.330 e. The first-order valence-corrected chi connectivity index (χ1v) is 10.4. The van der Waals surface area contributed by atoms with E-state index >= 15 is 0 Å². The number of aliphatic hydroxyl groups is 3. The van der Waals surface area contributed by atoms with E-state index in [1.54, 1.807) is 0 Å². The van der Waals surface area contributed by atoms with E-state index in [0.29, 0.717) is 6.42 Å². The molecule has 15 nitrogen and oxygen atoms in total. The van der Waals surface area contributed by atoms with Crippen molar-refractivity contribution in [1.29, 1.82) is 0 Å². The van der Waals surface area contributed by atoms with Gasteiger partial charge in [-0.05, 0) is 27.2 Å². The highest BCUT2D eigenvalue weighted by atomic mass is 16.4. The van der Waals surface area contributed by atoms with Gasteiger partial charge in [0.05, 0.1) is 19.8 Å². The summed E-state index contributed by atoms with van der Waals surface area (Å²) in [6, 6.07) is 0. The molecular weight excluding hydrogens is 528 g/mol. The Hall–Kier alpha value is -4.08. The first-order valence-electron chi connectivity index (χ1n) is 10.4. The summed E-state index contributed by atoms with van der Waals surface area (Å²) in [7, 11) is 0. The minimum atomic E-state index is -0.935. The van der Waals surface area contributed by atoms with Crippen LogP contribution in [0.3, 0.4) is 0 Å². The van der Waals surface area contributed by atoms with Crippen molar-refractivity contribution < 1.29 is 74.7 Å². The van der Waals surface area contributed by atoms with Crippen LogP contribution in [0.4, 0.5) is 0 Å². The third-order valence-electron chi connectivity index (χ3n) is 2.85. The molecule has 0 aliphatic heterocycles. The van der Waals surface area contributed by atoms with Gasteiger partial charge in [0.2, 0.25) is 0 Å². The van der Waals surface area contributed by atoms with Crippen LogP contribution < -0.4 is 0 Å². The Labute approximate surface area is 227 Å². The predicted octanol–water partition coefficient (Wildman–Crippen LogP) is 1.57. The van der Waals surface area contributed by atoms with Crippen LogP contribution in [0.15, 0.2) is 36.5 Å². The summed E-state index contributed by atoms with van der Waals surface area (Å²) in [5, 5.41) is 71.9. The zero-order chi connectivity index (χ0) is 33.5. The number of carboxylic acid groups (broad SMARTS) is 6. The highest BCUT2D eigenvalue weighted by molar-refractivity contribution is 5.85. The van der Waals surface area contributed by atoms with E-state index in [2.05, 4.69) is 19.7 Å². The lowest BCUT2D eigenvalue weighted by molar-refractivity contribution is -0.135. The van der Waals surface area contributed by atoms with E-state index in [4.69, 9.17) is 60.3 Å². The maximum absolute atomic E-state index is 9.60. The van der Waals surface area contributed by atoms with Crippen LogP contribution in [0, 0.1) is 5.41 Å². The van der Waals surface area contributed by atoms with Crippen LogP contribution in [0.5, 0.6) is 0 Å². The third kappa shape index (κ3) is 87.1. The quantitative estimate of drug-likeness (QED) is 0.196. The van der Waals surface area contributed by atoms with Gasteiger partial charge in [0, 0.05) is 42.9 Å². The van der Waals surface area contributed by atoms with E-state index < -0.39 is 41.2 Å². The Morgan fingerprint density at radius 2 is 0.590 bits per heavy atom. The van der Waals surface area contributed by atoms with Gasteiger partial charge in [-0.1, -0.05) is 26.7 Å². The number of hydrogen-bond donors (Lipinski definition) is 9. The molecule has 0 aromatic heterocycles. The van der Waals surface area contributed by atoms with Crippen molar-refractivity contribution >= 4 is 35.8 Å². The van der Waals surface area contributed by atoms with Crippen LogP contribution in [0.2, 0.25) is 0 Å². The van der Waals surface area contributed by atoms with Crippen molar-refractivity contribution in [3.05, 3.63) is 36.5 Å². The molecule has 15 heteroatoms. The molecular formula is C24H44O15. The Morgan fingerprint density at radius 1 is 0.487 bits per heavy atom. The SMILES string of the molecule is C=C(C)C(=O)O.C=C(C)C(=O)O.C=C(C)C(=O)O.CC(=O)O.CC(=O)O.CC(=O)O.CCC(CO)(CO)CO. The van der Waals surface area contributed by atoms with E-state index in [1.165, 1.54) is 20.8 Å². The van der Waals surface area contributed by atoms with E-state index in [9.17, 15) is 14.4 Å². The van der Waals surface area contributed by atoms with Gasteiger partial charge in [0.25, 0.3) is 17.9 Å². The molecule has 0 saturated heterocycles. The average molecular weight is 573 g/mol. The summed E-state index contributed by atoms with van der Waals surface area (Å²) in [4.78, 5) is 55.8. The Bertz CT molecular complexity index is 612. The number of carbonyl (C=O) groups is 6. The first-order chi connectivity index (χ1) is 17.4. The van der Waals surface area contributed by atoms with Crippen LogP contribution in [-0.2, 0) is 28.8 Å². The lowest BCUT2D eigenvalue weighted by Crippen LogP contribution is -2.32. The second-order valence-electron chi connectivity index (χ2n) is 7.14. The number of rotatable bonds is 7. The second-order valence-corrected chi connectivity index (χ2v) is 7.14.